The lowest BCUT2D eigenvalue weighted by atomic mass is 9.85. The summed E-state index contributed by atoms with van der Waals surface area (Å²) >= 11 is 1.78. The molecule has 1 aromatic heterocycles. The Bertz CT molecular complexity index is 329. The number of nitrogens with one attached hydrogen (secondary N) is 1. The van der Waals surface area contributed by atoms with Crippen molar-refractivity contribution in [2.45, 2.75) is 38.3 Å². The monoisotopic (exact) mass is 238 g/mol. The molecule has 0 spiro atoms. The SMILES string of the molecule is NC(=O)C1CCC(NCc2cccs2)CC1. The Morgan fingerprint density at radius 2 is 2.19 bits per heavy atom. The van der Waals surface area contributed by atoms with Gasteiger partial charge in [0.1, 0.15) is 0 Å². The molecule has 0 bridgehead atoms. The van der Waals surface area contributed by atoms with Gasteiger partial charge >= 0.3 is 0 Å². The summed E-state index contributed by atoms with van der Waals surface area (Å²) in [7, 11) is 0. The second-order valence-corrected chi connectivity index (χ2v) is 5.44. The number of carbonyl (C=O) groups is 1. The molecule has 0 saturated heterocycles. The lowest BCUT2D eigenvalue weighted by molar-refractivity contribution is -0.122. The molecule has 1 aliphatic carbocycles. The fourth-order valence-electron chi connectivity index (χ4n) is 2.24. The van der Waals surface area contributed by atoms with Crippen LogP contribution in [-0.4, -0.2) is 11.9 Å². The van der Waals surface area contributed by atoms with Crippen molar-refractivity contribution >= 4 is 17.2 Å². The van der Waals surface area contributed by atoms with Crippen molar-refractivity contribution in [3.63, 3.8) is 0 Å². The molecule has 0 aliphatic heterocycles. The minimum absolute atomic E-state index is 0.111. The van der Waals surface area contributed by atoms with Crippen molar-refractivity contribution < 1.29 is 4.79 Å². The smallest absolute Gasteiger partial charge is 0.220 e. The van der Waals surface area contributed by atoms with Crippen LogP contribution >= 0.6 is 11.3 Å². The van der Waals surface area contributed by atoms with E-state index in [-0.39, 0.29) is 11.8 Å². The van der Waals surface area contributed by atoms with E-state index in [1.165, 1.54) is 4.88 Å². The molecule has 4 heteroatoms. The van der Waals surface area contributed by atoms with Gasteiger partial charge in [-0.25, -0.2) is 0 Å². The Balaban J connectivity index is 1.71. The minimum atomic E-state index is -0.128. The molecule has 1 aliphatic rings. The van der Waals surface area contributed by atoms with Crippen LogP contribution in [0, 0.1) is 5.92 Å². The van der Waals surface area contributed by atoms with Crippen molar-refractivity contribution in [3.05, 3.63) is 22.4 Å². The van der Waals surface area contributed by atoms with Crippen LogP contribution in [0.3, 0.4) is 0 Å². The molecule has 1 fully saturated rings. The lowest BCUT2D eigenvalue weighted by Gasteiger charge is -2.27. The van der Waals surface area contributed by atoms with Crippen LogP contribution in [0.4, 0.5) is 0 Å². The van der Waals surface area contributed by atoms with Gasteiger partial charge in [-0.05, 0) is 37.1 Å². The zero-order valence-corrected chi connectivity index (χ0v) is 10.1. The Labute approximate surface area is 100 Å². The van der Waals surface area contributed by atoms with Crippen LogP contribution in [0.2, 0.25) is 0 Å². The van der Waals surface area contributed by atoms with E-state index in [0.29, 0.717) is 6.04 Å². The summed E-state index contributed by atoms with van der Waals surface area (Å²) in [6.07, 6.45) is 4.02. The number of hydrogen-bond donors (Lipinski definition) is 2. The third-order valence-corrected chi connectivity index (χ3v) is 4.15. The predicted molar refractivity (Wildman–Crippen MR) is 66.1 cm³/mol. The molecule has 1 heterocycles. The minimum Gasteiger partial charge on any atom is -0.369 e. The van der Waals surface area contributed by atoms with E-state index in [2.05, 4.69) is 22.8 Å². The fourth-order valence-corrected chi connectivity index (χ4v) is 2.90. The number of hydrogen-bond acceptors (Lipinski definition) is 3. The van der Waals surface area contributed by atoms with Gasteiger partial charge in [-0.2, -0.15) is 0 Å². The molecule has 1 saturated carbocycles. The maximum absolute atomic E-state index is 11.0. The van der Waals surface area contributed by atoms with Crippen LogP contribution in [-0.2, 0) is 11.3 Å². The average molecular weight is 238 g/mol. The molecule has 2 rings (SSSR count). The standard InChI is InChI=1S/C12H18N2OS/c13-12(15)9-3-5-10(6-4-9)14-8-11-2-1-7-16-11/h1-2,7,9-10,14H,3-6,8H2,(H2,13,15). The first-order valence-corrected chi connectivity index (χ1v) is 6.69. The first-order chi connectivity index (χ1) is 7.75. The second-order valence-electron chi connectivity index (χ2n) is 4.41. The number of rotatable bonds is 4. The highest BCUT2D eigenvalue weighted by Gasteiger charge is 2.24. The molecule has 3 nitrogen and oxygen atoms in total. The maximum atomic E-state index is 11.0. The first-order valence-electron chi connectivity index (χ1n) is 5.81. The summed E-state index contributed by atoms with van der Waals surface area (Å²) in [6, 6.07) is 4.77. The number of amides is 1. The van der Waals surface area contributed by atoms with Crippen LogP contribution < -0.4 is 11.1 Å². The second kappa shape index (κ2) is 5.46. The Kier molecular flexibility index (Phi) is 3.96. The van der Waals surface area contributed by atoms with E-state index in [0.717, 1.165) is 32.2 Å². The van der Waals surface area contributed by atoms with Crippen molar-refractivity contribution in [2.24, 2.45) is 11.7 Å². The highest BCUT2D eigenvalue weighted by atomic mass is 32.1. The van der Waals surface area contributed by atoms with Crippen LogP contribution in [0.1, 0.15) is 30.6 Å². The number of carbonyl (C=O) groups excluding carboxylic acids is 1. The average Bonchev–Trinajstić information content (AvgIpc) is 2.80. The molecule has 3 N–H and O–H groups in total. The largest absolute Gasteiger partial charge is 0.369 e. The molecule has 1 amide bonds. The summed E-state index contributed by atoms with van der Waals surface area (Å²) in [5.41, 5.74) is 5.31. The highest BCUT2D eigenvalue weighted by Crippen LogP contribution is 2.24. The molecule has 0 radical (unpaired) electrons. The van der Waals surface area contributed by atoms with Gasteiger partial charge in [0, 0.05) is 23.4 Å². The van der Waals surface area contributed by atoms with Gasteiger partial charge < -0.3 is 11.1 Å². The third-order valence-electron chi connectivity index (χ3n) is 3.27. The number of nitrogens with two attached hydrogens (primary N) is 1. The van der Waals surface area contributed by atoms with Crippen LogP contribution in [0.5, 0.6) is 0 Å². The number of primary amides is 1. The normalized spacial score (nSPS) is 25.5. The zero-order chi connectivity index (χ0) is 11.4. The Morgan fingerprint density at radius 3 is 2.75 bits per heavy atom. The van der Waals surface area contributed by atoms with E-state index < -0.39 is 0 Å². The van der Waals surface area contributed by atoms with E-state index in [9.17, 15) is 4.79 Å². The first kappa shape index (κ1) is 11.6. The summed E-state index contributed by atoms with van der Waals surface area (Å²) in [6.45, 7) is 0.948. The van der Waals surface area contributed by atoms with E-state index in [1.54, 1.807) is 11.3 Å². The fraction of sp³-hybridized carbons (Fsp3) is 0.583. The zero-order valence-electron chi connectivity index (χ0n) is 9.32. The Hall–Kier alpha value is -0.870. The molecular weight excluding hydrogens is 220 g/mol. The van der Waals surface area contributed by atoms with Gasteiger partial charge in [-0.15, -0.1) is 11.3 Å². The van der Waals surface area contributed by atoms with Gasteiger partial charge in [0.2, 0.25) is 5.91 Å². The van der Waals surface area contributed by atoms with Gasteiger partial charge in [-0.3, -0.25) is 4.79 Å². The summed E-state index contributed by atoms with van der Waals surface area (Å²) < 4.78 is 0. The highest BCUT2D eigenvalue weighted by molar-refractivity contribution is 7.09. The van der Waals surface area contributed by atoms with E-state index in [1.807, 2.05) is 0 Å². The van der Waals surface area contributed by atoms with Crippen LogP contribution in [0.25, 0.3) is 0 Å². The molecular formula is C12H18N2OS. The van der Waals surface area contributed by atoms with Crippen molar-refractivity contribution in [1.82, 2.24) is 5.32 Å². The van der Waals surface area contributed by atoms with E-state index >= 15 is 0 Å². The quantitative estimate of drug-likeness (QED) is 0.841. The summed E-state index contributed by atoms with van der Waals surface area (Å²) in [5.74, 6) is -0.0171. The van der Waals surface area contributed by atoms with Gasteiger partial charge in [0.05, 0.1) is 0 Å². The van der Waals surface area contributed by atoms with E-state index in [4.69, 9.17) is 5.73 Å². The Morgan fingerprint density at radius 1 is 1.44 bits per heavy atom. The molecule has 0 atom stereocenters. The summed E-state index contributed by atoms with van der Waals surface area (Å²) in [5, 5.41) is 5.64. The summed E-state index contributed by atoms with van der Waals surface area (Å²) in [4.78, 5) is 12.4. The van der Waals surface area contributed by atoms with Crippen molar-refractivity contribution in [1.29, 1.82) is 0 Å². The topological polar surface area (TPSA) is 55.1 Å². The van der Waals surface area contributed by atoms with Crippen LogP contribution in [0.15, 0.2) is 17.5 Å². The predicted octanol–water partition coefficient (Wildman–Crippen LogP) is 1.88. The third kappa shape index (κ3) is 3.06. The molecule has 16 heavy (non-hydrogen) atoms. The lowest BCUT2D eigenvalue weighted by Crippen LogP contribution is -2.36. The van der Waals surface area contributed by atoms with Crippen molar-refractivity contribution in [2.75, 3.05) is 0 Å². The van der Waals surface area contributed by atoms with Gasteiger partial charge in [0.25, 0.3) is 0 Å². The van der Waals surface area contributed by atoms with Crippen molar-refractivity contribution in [3.8, 4) is 0 Å². The molecule has 88 valence electrons. The molecule has 0 unspecified atom stereocenters. The maximum Gasteiger partial charge on any atom is 0.220 e. The molecule has 0 aromatic carbocycles. The number of thiophene rings is 1. The van der Waals surface area contributed by atoms with Gasteiger partial charge in [0.15, 0.2) is 0 Å². The molecule has 1 aromatic rings. The van der Waals surface area contributed by atoms with Gasteiger partial charge in [-0.1, -0.05) is 6.07 Å².